The third kappa shape index (κ3) is 5.82. The van der Waals surface area contributed by atoms with E-state index in [1.54, 1.807) is 0 Å². The van der Waals surface area contributed by atoms with E-state index in [4.69, 9.17) is 5.73 Å². The number of piperidine rings is 1. The number of carbonyl (C=O) groups excluding carboxylic acids is 1. The Balaban J connectivity index is 1.85. The Labute approximate surface area is 153 Å². The van der Waals surface area contributed by atoms with Gasteiger partial charge in [-0.1, -0.05) is 44.2 Å². The van der Waals surface area contributed by atoms with Crippen LogP contribution in [0.4, 0.5) is 0 Å². The molecule has 1 amide bonds. The zero-order valence-corrected chi connectivity index (χ0v) is 16.3. The minimum absolute atomic E-state index is 0.124. The van der Waals surface area contributed by atoms with Gasteiger partial charge >= 0.3 is 0 Å². The fourth-order valence-corrected chi connectivity index (χ4v) is 3.44. The predicted octanol–water partition coefficient (Wildman–Crippen LogP) is 3.12. The maximum absolute atomic E-state index is 12.4. The summed E-state index contributed by atoms with van der Waals surface area (Å²) in [5.41, 5.74) is 7.40. The summed E-state index contributed by atoms with van der Waals surface area (Å²) < 4.78 is 0. The molecule has 2 rings (SSSR count). The second-order valence-electron chi connectivity index (χ2n) is 8.05. The van der Waals surface area contributed by atoms with E-state index in [2.05, 4.69) is 49.1 Å². The van der Waals surface area contributed by atoms with Crippen LogP contribution in [0.15, 0.2) is 30.3 Å². The first-order chi connectivity index (χ1) is 11.9. The van der Waals surface area contributed by atoms with Crippen LogP contribution < -0.4 is 5.73 Å². The molecule has 1 aromatic carbocycles. The summed E-state index contributed by atoms with van der Waals surface area (Å²) in [6, 6.07) is 10.8. The molecular formula is C21H35N3O. The van der Waals surface area contributed by atoms with Crippen molar-refractivity contribution >= 4 is 5.91 Å². The number of likely N-dealkylation sites (tertiary alicyclic amines) is 1. The zero-order valence-electron chi connectivity index (χ0n) is 16.3. The molecule has 4 heteroatoms. The van der Waals surface area contributed by atoms with Gasteiger partial charge in [0.05, 0.1) is 6.04 Å². The maximum Gasteiger partial charge on any atom is 0.239 e. The SMILES string of the molecule is CC(C)[C@H](N)C(=O)N1CCC(CN(Cc2ccccc2)C(C)C)CC1. The first-order valence-electron chi connectivity index (χ1n) is 9.70. The van der Waals surface area contributed by atoms with Gasteiger partial charge in [-0.05, 0) is 44.1 Å². The third-order valence-electron chi connectivity index (χ3n) is 5.38. The summed E-state index contributed by atoms with van der Waals surface area (Å²) in [6.07, 6.45) is 2.16. The Morgan fingerprint density at radius 1 is 1.16 bits per heavy atom. The molecule has 1 saturated heterocycles. The van der Waals surface area contributed by atoms with E-state index >= 15 is 0 Å². The Morgan fingerprint density at radius 2 is 1.76 bits per heavy atom. The summed E-state index contributed by atoms with van der Waals surface area (Å²) in [6.45, 7) is 12.4. The Morgan fingerprint density at radius 3 is 2.28 bits per heavy atom. The number of nitrogens with zero attached hydrogens (tertiary/aromatic N) is 2. The van der Waals surface area contributed by atoms with Crippen LogP contribution >= 0.6 is 0 Å². The standard InChI is InChI=1S/C21H35N3O/c1-16(2)20(22)21(25)23-12-10-19(11-13-23)15-24(17(3)4)14-18-8-6-5-7-9-18/h5-9,16-17,19-20H,10-15,22H2,1-4H3/t20-/m0/s1. The lowest BCUT2D eigenvalue weighted by Crippen LogP contribution is -2.50. The van der Waals surface area contributed by atoms with E-state index in [0.717, 1.165) is 39.0 Å². The van der Waals surface area contributed by atoms with Crippen molar-refractivity contribution in [3.8, 4) is 0 Å². The Hall–Kier alpha value is -1.39. The summed E-state index contributed by atoms with van der Waals surface area (Å²) in [5, 5.41) is 0. The van der Waals surface area contributed by atoms with Gasteiger partial charge in [0.25, 0.3) is 0 Å². The van der Waals surface area contributed by atoms with E-state index in [1.807, 2.05) is 18.7 Å². The molecule has 0 unspecified atom stereocenters. The minimum atomic E-state index is -0.359. The van der Waals surface area contributed by atoms with Crippen molar-refractivity contribution in [3.05, 3.63) is 35.9 Å². The summed E-state index contributed by atoms with van der Waals surface area (Å²) in [5.74, 6) is 0.983. The molecule has 1 fully saturated rings. The fraction of sp³-hybridized carbons (Fsp3) is 0.667. The lowest BCUT2D eigenvalue weighted by atomic mass is 9.94. The molecule has 4 nitrogen and oxygen atoms in total. The topological polar surface area (TPSA) is 49.6 Å². The van der Waals surface area contributed by atoms with Crippen LogP contribution in [0.25, 0.3) is 0 Å². The highest BCUT2D eigenvalue weighted by Gasteiger charge is 2.28. The quantitative estimate of drug-likeness (QED) is 0.826. The van der Waals surface area contributed by atoms with Gasteiger partial charge < -0.3 is 10.6 Å². The fourth-order valence-electron chi connectivity index (χ4n) is 3.44. The average molecular weight is 346 g/mol. The molecular weight excluding hydrogens is 310 g/mol. The molecule has 1 atom stereocenters. The first-order valence-corrected chi connectivity index (χ1v) is 9.70. The second-order valence-corrected chi connectivity index (χ2v) is 8.05. The number of carbonyl (C=O) groups is 1. The number of nitrogens with two attached hydrogens (primary N) is 1. The number of hydrogen-bond acceptors (Lipinski definition) is 3. The van der Waals surface area contributed by atoms with Gasteiger partial charge in [0, 0.05) is 32.2 Å². The summed E-state index contributed by atoms with van der Waals surface area (Å²) in [7, 11) is 0. The number of hydrogen-bond donors (Lipinski definition) is 1. The van der Waals surface area contributed by atoms with Gasteiger partial charge in [-0.3, -0.25) is 9.69 Å². The molecule has 0 aromatic heterocycles. The van der Waals surface area contributed by atoms with Crippen molar-refractivity contribution in [1.82, 2.24) is 9.80 Å². The van der Waals surface area contributed by atoms with E-state index in [1.165, 1.54) is 5.56 Å². The molecule has 1 aromatic rings. The number of rotatable bonds is 7. The lowest BCUT2D eigenvalue weighted by molar-refractivity contribution is -0.135. The molecule has 1 heterocycles. The van der Waals surface area contributed by atoms with Gasteiger partial charge in [0.2, 0.25) is 5.91 Å². The van der Waals surface area contributed by atoms with E-state index in [-0.39, 0.29) is 17.9 Å². The van der Waals surface area contributed by atoms with Crippen molar-refractivity contribution in [3.63, 3.8) is 0 Å². The van der Waals surface area contributed by atoms with Gasteiger partial charge in [0.1, 0.15) is 0 Å². The highest BCUT2D eigenvalue weighted by atomic mass is 16.2. The number of benzene rings is 1. The largest absolute Gasteiger partial charge is 0.341 e. The van der Waals surface area contributed by atoms with E-state index in [9.17, 15) is 4.79 Å². The van der Waals surface area contributed by atoms with Crippen LogP contribution in [0.2, 0.25) is 0 Å². The van der Waals surface area contributed by atoms with Crippen LogP contribution in [0.3, 0.4) is 0 Å². The Kier molecular flexibility index (Phi) is 7.45. The van der Waals surface area contributed by atoms with Gasteiger partial charge in [-0.25, -0.2) is 0 Å². The first kappa shape index (κ1) is 19.9. The zero-order chi connectivity index (χ0) is 18.4. The van der Waals surface area contributed by atoms with Crippen LogP contribution in [-0.2, 0) is 11.3 Å². The maximum atomic E-state index is 12.4. The van der Waals surface area contributed by atoms with Crippen molar-refractivity contribution in [2.24, 2.45) is 17.6 Å². The van der Waals surface area contributed by atoms with Crippen LogP contribution in [0.1, 0.15) is 46.1 Å². The van der Waals surface area contributed by atoms with Crippen molar-refractivity contribution < 1.29 is 4.79 Å². The molecule has 0 bridgehead atoms. The molecule has 1 aliphatic rings. The van der Waals surface area contributed by atoms with Crippen LogP contribution in [0.5, 0.6) is 0 Å². The van der Waals surface area contributed by atoms with Crippen molar-refractivity contribution in [1.29, 1.82) is 0 Å². The van der Waals surface area contributed by atoms with Crippen molar-refractivity contribution in [2.45, 2.75) is 59.2 Å². The van der Waals surface area contributed by atoms with Crippen LogP contribution in [0, 0.1) is 11.8 Å². The van der Waals surface area contributed by atoms with Crippen LogP contribution in [-0.4, -0.2) is 47.4 Å². The average Bonchev–Trinajstić information content (AvgIpc) is 2.61. The molecule has 0 saturated carbocycles. The second kappa shape index (κ2) is 9.35. The van der Waals surface area contributed by atoms with Gasteiger partial charge in [0.15, 0.2) is 0 Å². The van der Waals surface area contributed by atoms with Gasteiger partial charge in [-0.2, -0.15) is 0 Å². The molecule has 0 radical (unpaired) electrons. The lowest BCUT2D eigenvalue weighted by Gasteiger charge is -2.37. The highest BCUT2D eigenvalue weighted by molar-refractivity contribution is 5.82. The summed E-state index contributed by atoms with van der Waals surface area (Å²) in [4.78, 5) is 16.9. The Bertz CT molecular complexity index is 521. The normalized spacial score (nSPS) is 17.5. The third-order valence-corrected chi connectivity index (χ3v) is 5.38. The molecule has 0 aliphatic carbocycles. The van der Waals surface area contributed by atoms with E-state index < -0.39 is 0 Å². The van der Waals surface area contributed by atoms with Gasteiger partial charge in [-0.15, -0.1) is 0 Å². The monoisotopic (exact) mass is 345 g/mol. The molecule has 2 N–H and O–H groups in total. The molecule has 1 aliphatic heterocycles. The molecule has 25 heavy (non-hydrogen) atoms. The van der Waals surface area contributed by atoms with E-state index in [0.29, 0.717) is 12.0 Å². The molecule has 140 valence electrons. The van der Waals surface area contributed by atoms with Crippen molar-refractivity contribution in [2.75, 3.05) is 19.6 Å². The molecule has 0 spiro atoms. The smallest absolute Gasteiger partial charge is 0.239 e. The summed E-state index contributed by atoms with van der Waals surface area (Å²) >= 11 is 0. The number of amides is 1. The predicted molar refractivity (Wildman–Crippen MR) is 104 cm³/mol. The minimum Gasteiger partial charge on any atom is -0.341 e. The highest BCUT2D eigenvalue weighted by Crippen LogP contribution is 2.21.